The summed E-state index contributed by atoms with van der Waals surface area (Å²) in [5.41, 5.74) is 1.24. The lowest BCUT2D eigenvalue weighted by molar-refractivity contribution is 0.0718. The Morgan fingerprint density at radius 3 is 1.97 bits per heavy atom. The molecular weight excluding hydrogens is 372 g/mol. The second kappa shape index (κ2) is 8.63. The van der Waals surface area contributed by atoms with Crippen LogP contribution in [0.5, 0.6) is 23.0 Å². The number of benzene rings is 3. The van der Waals surface area contributed by atoms with E-state index in [1.54, 1.807) is 31.2 Å². The summed E-state index contributed by atoms with van der Waals surface area (Å²) >= 11 is 0. The van der Waals surface area contributed by atoms with Gasteiger partial charge >= 0.3 is 11.9 Å². The molecule has 3 rings (SSSR count). The van der Waals surface area contributed by atoms with Crippen LogP contribution in [0, 0.1) is 19.5 Å². The lowest BCUT2D eigenvalue weighted by atomic mass is 10.2. The topological polar surface area (TPSA) is 82.1 Å². The highest BCUT2D eigenvalue weighted by molar-refractivity contribution is 5.92. The van der Waals surface area contributed by atoms with E-state index in [2.05, 4.69) is 0 Å². The van der Waals surface area contributed by atoms with Gasteiger partial charge in [0.25, 0.3) is 0 Å². The van der Waals surface area contributed by atoms with E-state index >= 15 is 0 Å². The molecule has 0 amide bonds. The average Bonchev–Trinajstić information content (AvgIpc) is 2.71. The van der Waals surface area contributed by atoms with Crippen molar-refractivity contribution in [1.82, 2.24) is 0 Å². The number of phenols is 1. The number of carbonyl (C=O) groups excluding carboxylic acids is 2. The number of aryl methyl sites for hydroxylation is 1. The predicted octanol–water partition coefficient (Wildman–Crippen LogP) is 4.11. The van der Waals surface area contributed by atoms with Gasteiger partial charge in [-0.25, -0.2) is 9.59 Å². The number of ether oxygens (including phenoxy) is 3. The number of terminal acetylenes is 1. The highest BCUT2D eigenvalue weighted by atomic mass is 16.5. The largest absolute Gasteiger partial charge is 0.508 e. The van der Waals surface area contributed by atoms with E-state index in [0.29, 0.717) is 33.9 Å². The summed E-state index contributed by atoms with van der Waals surface area (Å²) in [6, 6.07) is 16.6. The first kappa shape index (κ1) is 19.5. The summed E-state index contributed by atoms with van der Waals surface area (Å²) in [5, 5.41) is 9.28. The minimum Gasteiger partial charge on any atom is -0.508 e. The van der Waals surface area contributed by atoms with E-state index in [9.17, 15) is 14.7 Å². The number of carbonyl (C=O) groups is 2. The number of esters is 2. The normalized spacial score (nSPS) is 9.93. The van der Waals surface area contributed by atoms with Crippen molar-refractivity contribution < 1.29 is 28.9 Å². The fourth-order valence-electron chi connectivity index (χ4n) is 2.45. The van der Waals surface area contributed by atoms with Gasteiger partial charge in [-0.2, -0.15) is 0 Å². The van der Waals surface area contributed by atoms with E-state index in [-0.39, 0.29) is 5.75 Å². The third-order valence-corrected chi connectivity index (χ3v) is 3.93. The molecule has 0 radical (unpaired) electrons. The lowest BCUT2D eigenvalue weighted by Crippen LogP contribution is -2.10. The van der Waals surface area contributed by atoms with Crippen molar-refractivity contribution in [3.63, 3.8) is 0 Å². The first-order valence-electron chi connectivity index (χ1n) is 8.53. The van der Waals surface area contributed by atoms with Crippen molar-refractivity contribution in [2.75, 3.05) is 0 Å². The Morgan fingerprint density at radius 1 is 0.828 bits per heavy atom. The van der Waals surface area contributed by atoms with E-state index in [4.69, 9.17) is 20.6 Å². The fourth-order valence-corrected chi connectivity index (χ4v) is 2.45. The molecule has 6 nitrogen and oxygen atoms in total. The van der Waals surface area contributed by atoms with Crippen LogP contribution in [0.3, 0.4) is 0 Å². The third-order valence-electron chi connectivity index (χ3n) is 3.93. The summed E-state index contributed by atoms with van der Waals surface area (Å²) in [5.74, 6) is 0.0268. The number of rotatable bonds is 5. The van der Waals surface area contributed by atoms with Crippen LogP contribution in [0.2, 0.25) is 0 Å². The molecule has 0 aliphatic carbocycles. The molecular formula is C23H16O6. The van der Waals surface area contributed by atoms with Gasteiger partial charge in [-0.1, -0.05) is 6.42 Å². The van der Waals surface area contributed by atoms with E-state index in [0.717, 1.165) is 0 Å². The third kappa shape index (κ3) is 4.93. The van der Waals surface area contributed by atoms with E-state index < -0.39 is 11.9 Å². The van der Waals surface area contributed by atoms with E-state index in [1.165, 1.54) is 42.5 Å². The van der Waals surface area contributed by atoms with Crippen LogP contribution in [0.25, 0.3) is 0 Å². The van der Waals surface area contributed by atoms with Crippen LogP contribution in [-0.2, 0) is 0 Å². The number of hydrogen-bond acceptors (Lipinski definition) is 6. The van der Waals surface area contributed by atoms with Gasteiger partial charge < -0.3 is 19.3 Å². The molecule has 1 N–H and O–H groups in total. The van der Waals surface area contributed by atoms with Gasteiger partial charge in [0, 0.05) is 0 Å². The Morgan fingerprint density at radius 2 is 1.38 bits per heavy atom. The maximum absolute atomic E-state index is 12.3. The second-order valence-electron chi connectivity index (χ2n) is 6.00. The van der Waals surface area contributed by atoms with Gasteiger partial charge in [-0.15, -0.1) is 0 Å². The Labute approximate surface area is 167 Å². The molecule has 0 heterocycles. The Balaban J connectivity index is 1.67. The van der Waals surface area contributed by atoms with E-state index in [1.807, 2.05) is 6.11 Å². The highest BCUT2D eigenvalue weighted by Crippen LogP contribution is 2.25. The summed E-state index contributed by atoms with van der Waals surface area (Å²) < 4.78 is 15.6. The molecule has 0 aliphatic heterocycles. The SMILES string of the molecule is C#COc1ccc(C(=O)Oc2ccc(OC(=O)c3ccc(O)cc3)cc2C)cc1. The molecule has 3 aromatic carbocycles. The zero-order valence-electron chi connectivity index (χ0n) is 15.4. The second-order valence-corrected chi connectivity index (χ2v) is 6.00. The molecule has 29 heavy (non-hydrogen) atoms. The molecule has 6 heteroatoms. The van der Waals surface area contributed by atoms with Gasteiger partial charge in [-0.05, 0) is 79.2 Å². The van der Waals surface area contributed by atoms with Gasteiger partial charge in [0.05, 0.1) is 11.1 Å². The van der Waals surface area contributed by atoms with Crippen molar-refractivity contribution in [2.24, 2.45) is 0 Å². The standard InChI is InChI=1S/C23H16O6/c1-3-27-19-10-6-17(7-11-19)23(26)29-21-13-12-20(14-15(21)2)28-22(25)16-4-8-18(24)9-5-16/h1,4-14,24H,2H3. The summed E-state index contributed by atoms with van der Waals surface area (Å²) in [7, 11) is 0. The molecule has 0 unspecified atom stereocenters. The molecule has 0 aliphatic rings. The molecule has 0 bridgehead atoms. The zero-order valence-corrected chi connectivity index (χ0v) is 15.4. The predicted molar refractivity (Wildman–Crippen MR) is 105 cm³/mol. The van der Waals surface area contributed by atoms with Crippen LogP contribution < -0.4 is 14.2 Å². The first-order chi connectivity index (χ1) is 14.0. The van der Waals surface area contributed by atoms with Gasteiger partial charge in [0.2, 0.25) is 0 Å². The molecule has 0 fully saturated rings. The molecule has 0 aromatic heterocycles. The number of phenolic OH excluding ortho intramolecular Hbond substituents is 1. The molecule has 144 valence electrons. The average molecular weight is 388 g/mol. The van der Waals surface area contributed by atoms with Crippen molar-refractivity contribution in [2.45, 2.75) is 6.92 Å². The maximum atomic E-state index is 12.3. The van der Waals surface area contributed by atoms with Gasteiger partial charge in [-0.3, -0.25) is 0 Å². The summed E-state index contributed by atoms with van der Waals surface area (Å²) in [6.45, 7) is 1.73. The van der Waals surface area contributed by atoms with Crippen molar-refractivity contribution >= 4 is 11.9 Å². The molecule has 3 aromatic rings. The van der Waals surface area contributed by atoms with Crippen LogP contribution in [0.4, 0.5) is 0 Å². The quantitative estimate of drug-likeness (QED) is 0.402. The molecule has 0 saturated heterocycles. The summed E-state index contributed by atoms with van der Waals surface area (Å²) in [4.78, 5) is 24.4. The van der Waals surface area contributed by atoms with Gasteiger partial charge in [0.1, 0.15) is 29.1 Å². The summed E-state index contributed by atoms with van der Waals surface area (Å²) in [6.07, 6.45) is 7.10. The van der Waals surface area contributed by atoms with Gasteiger partial charge in [0.15, 0.2) is 0 Å². The Kier molecular flexibility index (Phi) is 5.81. The number of hydrogen-bond donors (Lipinski definition) is 1. The smallest absolute Gasteiger partial charge is 0.343 e. The van der Waals surface area contributed by atoms with Crippen LogP contribution >= 0.6 is 0 Å². The zero-order chi connectivity index (χ0) is 20.8. The van der Waals surface area contributed by atoms with Crippen molar-refractivity contribution in [3.05, 3.63) is 83.4 Å². The number of aromatic hydroxyl groups is 1. The van der Waals surface area contributed by atoms with Crippen LogP contribution in [0.15, 0.2) is 66.7 Å². The monoisotopic (exact) mass is 388 g/mol. The van der Waals surface area contributed by atoms with Crippen LogP contribution in [0.1, 0.15) is 26.3 Å². The Bertz CT molecular complexity index is 1080. The minimum absolute atomic E-state index is 0.0572. The minimum atomic E-state index is -0.566. The molecule has 0 atom stereocenters. The van der Waals surface area contributed by atoms with Crippen molar-refractivity contribution in [1.29, 1.82) is 0 Å². The highest BCUT2D eigenvalue weighted by Gasteiger charge is 2.13. The van der Waals surface area contributed by atoms with Crippen molar-refractivity contribution in [3.8, 4) is 35.5 Å². The molecule has 0 spiro atoms. The first-order valence-corrected chi connectivity index (χ1v) is 8.53. The fraction of sp³-hybridized carbons (Fsp3) is 0.0435. The molecule has 0 saturated carbocycles. The Hall–Kier alpha value is -4.24. The lowest BCUT2D eigenvalue weighted by Gasteiger charge is -2.10. The van der Waals surface area contributed by atoms with Crippen LogP contribution in [-0.4, -0.2) is 17.0 Å². The maximum Gasteiger partial charge on any atom is 0.343 e.